The van der Waals surface area contributed by atoms with Crippen molar-refractivity contribution >= 4 is 22.8 Å². The second kappa shape index (κ2) is 10.4. The minimum absolute atomic E-state index is 0.0428. The number of fused-ring (bicyclic) bond motifs is 1. The summed E-state index contributed by atoms with van der Waals surface area (Å²) in [6.07, 6.45) is 3.84. The van der Waals surface area contributed by atoms with E-state index in [1.54, 1.807) is 11.1 Å². The van der Waals surface area contributed by atoms with E-state index < -0.39 is 23.7 Å². The fourth-order valence-corrected chi connectivity index (χ4v) is 5.67. The molecule has 0 bridgehead atoms. The summed E-state index contributed by atoms with van der Waals surface area (Å²) in [6, 6.07) is 9.42. The normalized spacial score (nSPS) is 17.7. The summed E-state index contributed by atoms with van der Waals surface area (Å²) in [5.74, 6) is -0.461. The maximum Gasteiger partial charge on any atom is 0.573 e. The van der Waals surface area contributed by atoms with Crippen LogP contribution < -0.4 is 10.1 Å². The molecule has 2 aliphatic heterocycles. The highest BCUT2D eigenvalue weighted by Crippen LogP contribution is 2.37. The largest absolute Gasteiger partial charge is 0.573 e. The summed E-state index contributed by atoms with van der Waals surface area (Å²) in [7, 11) is 0. The van der Waals surface area contributed by atoms with Gasteiger partial charge in [-0.3, -0.25) is 9.58 Å². The highest BCUT2D eigenvalue weighted by Gasteiger charge is 2.48. The van der Waals surface area contributed by atoms with E-state index in [0.29, 0.717) is 45.4 Å². The molecule has 0 radical (unpaired) electrons. The number of aromatic amines is 1. The smallest absolute Gasteiger partial charge is 0.404 e. The lowest BCUT2D eigenvalue weighted by Crippen LogP contribution is -2.66. The van der Waals surface area contributed by atoms with Crippen LogP contribution in [-0.4, -0.2) is 79.1 Å². The third-order valence-electron chi connectivity index (χ3n) is 7.72. The van der Waals surface area contributed by atoms with Gasteiger partial charge < -0.3 is 19.9 Å². The Hall–Kier alpha value is -4.64. The SMILES string of the molecule is N#CCC1(n2cc(-c3ncnc4[nH]ccc34)cn2)CN(C2CCN(C(=O)Nc3ccccc3OC(F)(F)F)CC2)C1. The van der Waals surface area contributed by atoms with Crippen molar-refractivity contribution in [3.8, 4) is 23.1 Å². The Kier molecular flexibility index (Phi) is 6.74. The summed E-state index contributed by atoms with van der Waals surface area (Å²) < 4.78 is 44.1. The average Bonchev–Trinajstić information content (AvgIpc) is 3.61. The quantitative estimate of drug-likeness (QED) is 0.356. The summed E-state index contributed by atoms with van der Waals surface area (Å²) in [5.41, 5.74) is 1.84. The standard InChI is InChI=1S/C27H26F3N9O2/c28-27(29,30)41-22-4-2-1-3-21(22)36-25(40)37-11-6-19(7-12-37)38-15-26(16-38,8-9-31)39-14-18(13-35-39)23-20-5-10-32-24(20)34-17-33-23/h1-5,10,13-14,17,19H,6-8,11-12,15-16H2,(H,36,40)(H,32,33,34). The van der Waals surface area contributed by atoms with Gasteiger partial charge in [0.05, 0.1) is 30.1 Å². The average molecular weight is 566 g/mol. The molecule has 0 spiro atoms. The minimum Gasteiger partial charge on any atom is -0.404 e. The molecule has 212 valence electrons. The molecule has 5 heterocycles. The fraction of sp³-hybridized carbons (Fsp3) is 0.370. The van der Waals surface area contributed by atoms with Crippen LogP contribution >= 0.6 is 0 Å². The van der Waals surface area contributed by atoms with E-state index in [1.165, 1.54) is 24.5 Å². The topological polar surface area (TPSA) is 128 Å². The van der Waals surface area contributed by atoms with E-state index in [2.05, 4.69) is 41.1 Å². The van der Waals surface area contributed by atoms with Gasteiger partial charge in [-0.15, -0.1) is 13.2 Å². The van der Waals surface area contributed by atoms with Crippen molar-refractivity contribution in [1.82, 2.24) is 34.5 Å². The Morgan fingerprint density at radius 1 is 1.20 bits per heavy atom. The minimum atomic E-state index is -4.86. The van der Waals surface area contributed by atoms with Gasteiger partial charge in [0.2, 0.25) is 0 Å². The number of nitrogens with one attached hydrogen (secondary N) is 2. The van der Waals surface area contributed by atoms with Crippen LogP contribution in [0.2, 0.25) is 0 Å². The van der Waals surface area contributed by atoms with Crippen LogP contribution in [0.15, 0.2) is 55.2 Å². The molecular weight excluding hydrogens is 539 g/mol. The Bertz CT molecular complexity index is 1600. The summed E-state index contributed by atoms with van der Waals surface area (Å²) in [6.45, 7) is 2.19. The van der Waals surface area contributed by atoms with Crippen LogP contribution in [0.3, 0.4) is 0 Å². The number of ether oxygens (including phenoxy) is 1. The molecule has 14 heteroatoms. The maximum absolute atomic E-state index is 12.8. The number of H-pyrrole nitrogens is 1. The monoisotopic (exact) mass is 565 g/mol. The second-order valence-electron chi connectivity index (χ2n) is 10.3. The van der Waals surface area contributed by atoms with Crippen LogP contribution in [0.25, 0.3) is 22.3 Å². The number of alkyl halides is 3. The Labute approximate surface area is 232 Å². The van der Waals surface area contributed by atoms with Crippen molar-refractivity contribution in [2.24, 2.45) is 0 Å². The molecule has 2 N–H and O–H groups in total. The highest BCUT2D eigenvalue weighted by atomic mass is 19.4. The molecule has 2 amide bonds. The fourth-order valence-electron chi connectivity index (χ4n) is 5.67. The number of anilines is 1. The molecule has 1 aromatic carbocycles. The van der Waals surface area contributed by atoms with Gasteiger partial charge in [-0.1, -0.05) is 12.1 Å². The molecule has 0 saturated carbocycles. The van der Waals surface area contributed by atoms with Gasteiger partial charge in [0.15, 0.2) is 5.75 Å². The zero-order valence-corrected chi connectivity index (χ0v) is 21.8. The predicted molar refractivity (Wildman–Crippen MR) is 142 cm³/mol. The maximum atomic E-state index is 12.8. The van der Waals surface area contributed by atoms with E-state index in [4.69, 9.17) is 0 Å². The number of benzene rings is 1. The van der Waals surface area contributed by atoms with Gasteiger partial charge >= 0.3 is 12.4 Å². The number of likely N-dealkylation sites (tertiary alicyclic amines) is 2. The van der Waals surface area contributed by atoms with Gasteiger partial charge in [0.25, 0.3) is 0 Å². The van der Waals surface area contributed by atoms with Crippen LogP contribution in [0, 0.1) is 11.3 Å². The number of piperidine rings is 1. The van der Waals surface area contributed by atoms with Gasteiger partial charge in [-0.05, 0) is 31.0 Å². The number of carbonyl (C=O) groups excluding carboxylic acids is 1. The molecule has 11 nitrogen and oxygen atoms in total. The van der Waals surface area contributed by atoms with Gasteiger partial charge in [-0.2, -0.15) is 10.4 Å². The molecule has 0 unspecified atom stereocenters. The molecule has 0 atom stereocenters. The van der Waals surface area contributed by atoms with Crippen LogP contribution in [0.4, 0.5) is 23.7 Å². The van der Waals surface area contributed by atoms with Crippen LogP contribution in [-0.2, 0) is 5.54 Å². The lowest BCUT2D eigenvalue weighted by atomic mass is 9.84. The van der Waals surface area contributed by atoms with Crippen molar-refractivity contribution in [2.45, 2.75) is 37.2 Å². The first-order valence-electron chi connectivity index (χ1n) is 13.1. The second-order valence-corrected chi connectivity index (χ2v) is 10.3. The van der Waals surface area contributed by atoms with E-state index in [0.717, 1.165) is 28.4 Å². The van der Waals surface area contributed by atoms with E-state index >= 15 is 0 Å². The summed E-state index contributed by atoms with van der Waals surface area (Å²) >= 11 is 0. The lowest BCUT2D eigenvalue weighted by molar-refractivity contribution is -0.274. The van der Waals surface area contributed by atoms with Gasteiger partial charge in [0, 0.05) is 55.6 Å². The number of amides is 2. The molecule has 4 aromatic rings. The van der Waals surface area contributed by atoms with Crippen molar-refractivity contribution in [2.75, 3.05) is 31.5 Å². The number of hydrogen-bond donors (Lipinski definition) is 2. The highest BCUT2D eigenvalue weighted by molar-refractivity contribution is 5.91. The number of halogens is 3. The molecule has 2 saturated heterocycles. The number of hydrogen-bond acceptors (Lipinski definition) is 7. The molecule has 6 rings (SSSR count). The molecular formula is C27H26F3N9O2. The Morgan fingerprint density at radius 2 is 1.98 bits per heavy atom. The third kappa shape index (κ3) is 5.28. The van der Waals surface area contributed by atoms with Crippen molar-refractivity contribution < 1.29 is 22.7 Å². The molecule has 41 heavy (non-hydrogen) atoms. The Morgan fingerprint density at radius 3 is 2.73 bits per heavy atom. The van der Waals surface area contributed by atoms with Crippen molar-refractivity contribution in [3.63, 3.8) is 0 Å². The van der Waals surface area contributed by atoms with E-state index in [9.17, 15) is 23.2 Å². The molecule has 2 fully saturated rings. The van der Waals surface area contributed by atoms with Gasteiger partial charge in [0.1, 0.15) is 17.5 Å². The van der Waals surface area contributed by atoms with E-state index in [-0.39, 0.29) is 11.7 Å². The zero-order chi connectivity index (χ0) is 28.6. The van der Waals surface area contributed by atoms with Crippen molar-refractivity contribution in [3.05, 3.63) is 55.2 Å². The number of nitriles is 1. The molecule has 2 aliphatic rings. The van der Waals surface area contributed by atoms with Crippen molar-refractivity contribution in [1.29, 1.82) is 5.26 Å². The molecule has 0 aliphatic carbocycles. The number of rotatable bonds is 6. The first kappa shape index (κ1) is 26.6. The number of aromatic nitrogens is 5. The number of carbonyl (C=O) groups is 1. The summed E-state index contributed by atoms with van der Waals surface area (Å²) in [4.78, 5) is 28.5. The van der Waals surface area contributed by atoms with Crippen LogP contribution in [0.5, 0.6) is 5.75 Å². The van der Waals surface area contributed by atoms with E-state index in [1.807, 2.05) is 23.1 Å². The van der Waals surface area contributed by atoms with Gasteiger partial charge in [-0.25, -0.2) is 14.8 Å². The first-order chi connectivity index (χ1) is 19.7. The number of para-hydroxylation sites is 2. The molecule has 3 aromatic heterocycles. The lowest BCUT2D eigenvalue weighted by Gasteiger charge is -2.53. The predicted octanol–water partition coefficient (Wildman–Crippen LogP) is 4.34. The zero-order valence-electron chi connectivity index (χ0n) is 21.8. The Balaban J connectivity index is 1.07. The third-order valence-corrected chi connectivity index (χ3v) is 7.72. The number of urea groups is 1. The number of nitrogens with zero attached hydrogens (tertiary/aromatic N) is 7. The summed E-state index contributed by atoms with van der Waals surface area (Å²) in [5, 5.41) is 17.6. The first-order valence-corrected chi connectivity index (χ1v) is 13.1. The van der Waals surface area contributed by atoms with Crippen LogP contribution in [0.1, 0.15) is 19.3 Å².